The third-order valence-electron chi connectivity index (χ3n) is 4.74. The van der Waals surface area contributed by atoms with Crippen molar-refractivity contribution in [1.82, 2.24) is 0 Å². The number of methoxy groups -OCH3 is 1. The molecule has 15 heavy (non-hydrogen) atoms. The maximum absolute atomic E-state index is 10.1. The van der Waals surface area contributed by atoms with E-state index in [4.69, 9.17) is 4.74 Å². The number of aliphatic hydroxyl groups excluding tert-OH is 1. The van der Waals surface area contributed by atoms with E-state index in [2.05, 4.69) is 0 Å². The summed E-state index contributed by atoms with van der Waals surface area (Å²) in [5.41, 5.74) is -0.387. The molecule has 0 aliphatic heterocycles. The summed E-state index contributed by atoms with van der Waals surface area (Å²) in [6, 6.07) is 0. The Morgan fingerprint density at radius 2 is 2.07 bits per heavy atom. The number of hydrogen-bond acceptors (Lipinski definition) is 2. The number of hydrogen-bond donors (Lipinski definition) is 1. The van der Waals surface area contributed by atoms with Gasteiger partial charge in [0.1, 0.15) is 0 Å². The summed E-state index contributed by atoms with van der Waals surface area (Å²) in [6.45, 7) is 3.95. The Morgan fingerprint density at radius 1 is 1.33 bits per heavy atom. The summed E-state index contributed by atoms with van der Waals surface area (Å²) in [5.74, 6) is 2.63. The van der Waals surface area contributed by atoms with Gasteiger partial charge in [0.2, 0.25) is 0 Å². The molecule has 0 spiro atoms. The molecule has 2 rings (SSSR count). The molecule has 2 aliphatic carbocycles. The molecule has 2 aliphatic rings. The maximum atomic E-state index is 10.1. The fraction of sp³-hybridized carbons (Fsp3) is 1.00. The summed E-state index contributed by atoms with van der Waals surface area (Å²) >= 11 is 0. The second-order valence-corrected chi connectivity index (χ2v) is 5.99. The summed E-state index contributed by atoms with van der Waals surface area (Å²) in [7, 11) is 1.68. The van der Waals surface area contributed by atoms with E-state index in [1.165, 1.54) is 25.7 Å². The largest absolute Gasteiger partial charge is 0.390 e. The number of aliphatic hydroxyl groups is 1. The van der Waals surface area contributed by atoms with Crippen molar-refractivity contribution in [2.24, 2.45) is 17.8 Å². The smallest absolute Gasteiger partial charge is 0.0880 e. The van der Waals surface area contributed by atoms with Crippen molar-refractivity contribution in [3.63, 3.8) is 0 Å². The monoisotopic (exact) mass is 212 g/mol. The van der Waals surface area contributed by atoms with E-state index in [1.807, 2.05) is 13.8 Å². The van der Waals surface area contributed by atoms with Crippen LogP contribution in [0.4, 0.5) is 0 Å². The van der Waals surface area contributed by atoms with Gasteiger partial charge < -0.3 is 9.84 Å². The molecule has 0 amide bonds. The van der Waals surface area contributed by atoms with Crippen molar-refractivity contribution < 1.29 is 9.84 Å². The van der Waals surface area contributed by atoms with Gasteiger partial charge in [0.15, 0.2) is 0 Å². The van der Waals surface area contributed by atoms with E-state index >= 15 is 0 Å². The summed E-state index contributed by atoms with van der Waals surface area (Å²) < 4.78 is 5.34. The Bertz CT molecular complexity index is 225. The Balaban J connectivity index is 1.87. The third kappa shape index (κ3) is 2.21. The zero-order valence-electron chi connectivity index (χ0n) is 10.2. The average Bonchev–Trinajstić information content (AvgIpc) is 2.79. The molecule has 0 heterocycles. The molecule has 1 N–H and O–H groups in total. The van der Waals surface area contributed by atoms with E-state index in [1.54, 1.807) is 7.11 Å². The first-order valence-electron chi connectivity index (χ1n) is 6.26. The molecule has 2 bridgehead atoms. The van der Waals surface area contributed by atoms with Gasteiger partial charge in [0, 0.05) is 7.11 Å². The molecular formula is C13H24O2. The molecule has 2 fully saturated rings. The van der Waals surface area contributed by atoms with E-state index in [0.29, 0.717) is 0 Å². The first-order valence-corrected chi connectivity index (χ1v) is 6.26. The van der Waals surface area contributed by atoms with Crippen LogP contribution in [0.15, 0.2) is 0 Å². The Morgan fingerprint density at radius 3 is 2.53 bits per heavy atom. The van der Waals surface area contributed by atoms with E-state index < -0.39 is 0 Å². The van der Waals surface area contributed by atoms with Crippen LogP contribution in [0.5, 0.6) is 0 Å². The highest BCUT2D eigenvalue weighted by Gasteiger charge is 2.41. The van der Waals surface area contributed by atoms with Crippen LogP contribution in [0.3, 0.4) is 0 Å². The molecule has 4 unspecified atom stereocenters. The van der Waals surface area contributed by atoms with Crippen molar-refractivity contribution in [3.8, 4) is 0 Å². The normalized spacial score (nSPS) is 37.2. The van der Waals surface area contributed by atoms with Crippen LogP contribution in [0, 0.1) is 17.8 Å². The molecule has 0 aromatic rings. The highest BCUT2D eigenvalue weighted by molar-refractivity contribution is 4.93. The van der Waals surface area contributed by atoms with Gasteiger partial charge in [0.05, 0.1) is 11.7 Å². The van der Waals surface area contributed by atoms with Crippen LogP contribution < -0.4 is 0 Å². The Kier molecular flexibility index (Phi) is 3.09. The van der Waals surface area contributed by atoms with Crippen molar-refractivity contribution >= 4 is 0 Å². The van der Waals surface area contributed by atoms with Crippen molar-refractivity contribution in [3.05, 3.63) is 0 Å². The summed E-state index contributed by atoms with van der Waals surface area (Å²) in [6.07, 6.45) is 6.22. The molecule has 0 radical (unpaired) electrons. The van der Waals surface area contributed by atoms with Crippen LogP contribution in [0.2, 0.25) is 0 Å². The van der Waals surface area contributed by atoms with Gasteiger partial charge in [-0.05, 0) is 57.3 Å². The molecule has 2 heteroatoms. The van der Waals surface area contributed by atoms with Crippen LogP contribution in [0.1, 0.15) is 46.0 Å². The van der Waals surface area contributed by atoms with Gasteiger partial charge >= 0.3 is 0 Å². The van der Waals surface area contributed by atoms with Gasteiger partial charge in [-0.25, -0.2) is 0 Å². The van der Waals surface area contributed by atoms with Crippen molar-refractivity contribution in [2.45, 2.75) is 57.7 Å². The highest BCUT2D eigenvalue weighted by Crippen LogP contribution is 2.50. The maximum Gasteiger partial charge on any atom is 0.0880 e. The van der Waals surface area contributed by atoms with Gasteiger partial charge in [-0.1, -0.05) is 6.42 Å². The Labute approximate surface area is 93.0 Å². The van der Waals surface area contributed by atoms with Crippen LogP contribution in [-0.2, 0) is 4.74 Å². The fourth-order valence-electron chi connectivity index (χ4n) is 3.37. The van der Waals surface area contributed by atoms with Crippen molar-refractivity contribution in [2.75, 3.05) is 7.11 Å². The topological polar surface area (TPSA) is 29.5 Å². The second-order valence-electron chi connectivity index (χ2n) is 5.99. The van der Waals surface area contributed by atoms with Gasteiger partial charge in [-0.3, -0.25) is 0 Å². The second kappa shape index (κ2) is 4.06. The minimum Gasteiger partial charge on any atom is -0.390 e. The van der Waals surface area contributed by atoms with Gasteiger partial charge in [0.25, 0.3) is 0 Å². The predicted molar refractivity (Wildman–Crippen MR) is 60.6 cm³/mol. The standard InChI is InChI=1S/C13H24O2/c1-13(2,15-3)12(14)8-11-7-9-4-5-10(11)6-9/h9-12,14H,4-8H2,1-3H3. The molecule has 88 valence electrons. The zero-order valence-corrected chi connectivity index (χ0v) is 10.2. The quantitative estimate of drug-likeness (QED) is 0.776. The van der Waals surface area contributed by atoms with Crippen LogP contribution >= 0.6 is 0 Å². The highest BCUT2D eigenvalue weighted by atomic mass is 16.5. The molecule has 0 saturated heterocycles. The lowest BCUT2D eigenvalue weighted by molar-refractivity contribution is -0.0878. The third-order valence-corrected chi connectivity index (χ3v) is 4.74. The lowest BCUT2D eigenvalue weighted by atomic mass is 9.82. The predicted octanol–water partition coefficient (Wildman–Crippen LogP) is 2.60. The summed E-state index contributed by atoms with van der Waals surface area (Å²) in [5, 5.41) is 10.1. The molecule has 2 saturated carbocycles. The van der Waals surface area contributed by atoms with Crippen LogP contribution in [0.25, 0.3) is 0 Å². The number of rotatable bonds is 4. The first-order chi connectivity index (χ1) is 7.03. The minimum absolute atomic E-state index is 0.313. The van der Waals surface area contributed by atoms with Gasteiger partial charge in [-0.15, -0.1) is 0 Å². The Hall–Kier alpha value is -0.0800. The fourth-order valence-corrected chi connectivity index (χ4v) is 3.37. The van der Waals surface area contributed by atoms with E-state index in [9.17, 15) is 5.11 Å². The van der Waals surface area contributed by atoms with Crippen LogP contribution in [-0.4, -0.2) is 23.9 Å². The van der Waals surface area contributed by atoms with E-state index in [-0.39, 0.29) is 11.7 Å². The molecule has 0 aromatic carbocycles. The average molecular weight is 212 g/mol. The number of fused-ring (bicyclic) bond motifs is 2. The lowest BCUT2D eigenvalue weighted by Gasteiger charge is -2.33. The summed E-state index contributed by atoms with van der Waals surface area (Å²) in [4.78, 5) is 0. The molecule has 2 nitrogen and oxygen atoms in total. The first kappa shape index (κ1) is 11.4. The van der Waals surface area contributed by atoms with Gasteiger partial charge in [-0.2, -0.15) is 0 Å². The van der Waals surface area contributed by atoms with E-state index in [0.717, 1.165) is 24.2 Å². The SMILES string of the molecule is COC(C)(C)C(O)CC1CC2CCC1C2. The molecule has 4 atom stereocenters. The molecule has 0 aromatic heterocycles. The number of ether oxygens (including phenoxy) is 1. The zero-order chi connectivity index (χ0) is 11.1. The lowest BCUT2D eigenvalue weighted by Crippen LogP contribution is -2.39. The van der Waals surface area contributed by atoms with Crippen molar-refractivity contribution in [1.29, 1.82) is 0 Å². The minimum atomic E-state index is -0.387. The molecular weight excluding hydrogens is 188 g/mol.